The van der Waals surface area contributed by atoms with E-state index < -0.39 is 29.8 Å². The minimum Gasteiger partial charge on any atom is -0.390 e. The third-order valence-corrected chi connectivity index (χ3v) is 5.13. The lowest BCUT2D eigenvalue weighted by Crippen LogP contribution is -2.49. The lowest BCUT2D eigenvalue weighted by Gasteiger charge is -2.35. The predicted octanol–water partition coefficient (Wildman–Crippen LogP) is 1.93. The number of methoxy groups -OCH3 is 1. The molecule has 2 aliphatic rings. The number of aliphatic hydroxyl groups excluding tert-OH is 1. The fraction of sp³-hybridized carbons (Fsp3) is 0.647. The molecule has 1 aliphatic heterocycles. The maximum atomic E-state index is 10.4. The second-order valence-electron chi connectivity index (χ2n) is 7.11. The van der Waals surface area contributed by atoms with Crippen molar-refractivity contribution in [3.8, 4) is 0 Å². The van der Waals surface area contributed by atoms with E-state index in [1.807, 2.05) is 37.6 Å². The first-order valence-electron chi connectivity index (χ1n) is 8.25. The molecule has 1 N–H and O–H groups in total. The average molecular weight is 333 g/mol. The Morgan fingerprint density at radius 1 is 1.38 bits per heavy atom. The summed E-state index contributed by atoms with van der Waals surface area (Å²) < 4.78 is 20.2. The molecule has 3 heterocycles. The minimum absolute atomic E-state index is 0.429. The van der Waals surface area contributed by atoms with Gasteiger partial charge in [-0.2, -0.15) is 0 Å². The SMILES string of the molecule is CO[C@@H]1[C@H](O)CC[C@@]12OC(C)(C)O[C@H]2n1ccc2c(C)ncnc21. The highest BCUT2D eigenvalue weighted by molar-refractivity contribution is 5.78. The van der Waals surface area contributed by atoms with Crippen molar-refractivity contribution in [3.63, 3.8) is 0 Å². The number of ether oxygens (including phenoxy) is 3. The first-order chi connectivity index (χ1) is 11.4. The number of hydrogen-bond donors (Lipinski definition) is 1. The van der Waals surface area contributed by atoms with Gasteiger partial charge in [0.25, 0.3) is 0 Å². The van der Waals surface area contributed by atoms with Crippen LogP contribution < -0.4 is 0 Å². The number of rotatable bonds is 2. The topological polar surface area (TPSA) is 78.6 Å². The van der Waals surface area contributed by atoms with Crippen LogP contribution >= 0.6 is 0 Å². The van der Waals surface area contributed by atoms with E-state index in [2.05, 4.69) is 9.97 Å². The zero-order valence-electron chi connectivity index (χ0n) is 14.4. The second kappa shape index (κ2) is 5.23. The molecule has 24 heavy (non-hydrogen) atoms. The summed E-state index contributed by atoms with van der Waals surface area (Å²) in [5.41, 5.74) is 0.966. The number of aliphatic hydroxyl groups is 1. The van der Waals surface area contributed by atoms with Crippen LogP contribution in [0.15, 0.2) is 18.6 Å². The second-order valence-corrected chi connectivity index (χ2v) is 7.11. The Morgan fingerprint density at radius 2 is 2.17 bits per heavy atom. The molecule has 0 amide bonds. The lowest BCUT2D eigenvalue weighted by molar-refractivity contribution is -0.188. The van der Waals surface area contributed by atoms with Gasteiger partial charge in [-0.3, -0.25) is 0 Å². The molecule has 0 unspecified atom stereocenters. The molecule has 1 aliphatic carbocycles. The van der Waals surface area contributed by atoms with Crippen LogP contribution in [0.5, 0.6) is 0 Å². The molecule has 2 aromatic heterocycles. The van der Waals surface area contributed by atoms with Crippen molar-refractivity contribution < 1.29 is 19.3 Å². The Bertz CT molecular complexity index is 774. The zero-order chi connectivity index (χ0) is 17.1. The average Bonchev–Trinajstić information content (AvgIpc) is 3.15. The van der Waals surface area contributed by atoms with Crippen LogP contribution in [0.3, 0.4) is 0 Å². The molecule has 2 fully saturated rings. The van der Waals surface area contributed by atoms with Crippen LogP contribution in [-0.4, -0.2) is 50.3 Å². The summed E-state index contributed by atoms with van der Waals surface area (Å²) in [7, 11) is 1.60. The highest BCUT2D eigenvalue weighted by Gasteiger charge is 2.63. The molecule has 2 aromatic rings. The molecule has 4 atom stereocenters. The van der Waals surface area contributed by atoms with Gasteiger partial charge in [0, 0.05) is 18.7 Å². The molecule has 0 aromatic carbocycles. The number of fused-ring (bicyclic) bond motifs is 1. The van der Waals surface area contributed by atoms with Crippen LogP contribution in [0.4, 0.5) is 0 Å². The molecule has 4 rings (SSSR count). The van der Waals surface area contributed by atoms with E-state index in [9.17, 15) is 5.11 Å². The van der Waals surface area contributed by atoms with Crippen LogP contribution in [0.1, 0.15) is 38.6 Å². The van der Waals surface area contributed by atoms with Gasteiger partial charge in [0.05, 0.1) is 11.8 Å². The van der Waals surface area contributed by atoms with E-state index in [1.165, 1.54) is 0 Å². The Labute approximate surface area is 140 Å². The van der Waals surface area contributed by atoms with E-state index in [1.54, 1.807) is 13.4 Å². The minimum atomic E-state index is -0.774. The molecular weight excluding hydrogens is 310 g/mol. The summed E-state index contributed by atoms with van der Waals surface area (Å²) in [6, 6.07) is 1.99. The first-order valence-corrected chi connectivity index (χ1v) is 8.25. The van der Waals surface area contributed by atoms with Gasteiger partial charge in [-0.05, 0) is 39.7 Å². The normalized spacial score (nSPS) is 35.3. The molecule has 130 valence electrons. The molecule has 0 bridgehead atoms. The highest BCUT2D eigenvalue weighted by Crippen LogP contribution is 2.53. The van der Waals surface area contributed by atoms with Crippen molar-refractivity contribution in [1.82, 2.24) is 14.5 Å². The van der Waals surface area contributed by atoms with Gasteiger partial charge in [0.2, 0.25) is 0 Å². The number of nitrogens with zero attached hydrogens (tertiary/aromatic N) is 3. The maximum absolute atomic E-state index is 10.4. The summed E-state index contributed by atoms with van der Waals surface area (Å²) in [4.78, 5) is 8.68. The molecular formula is C17H23N3O4. The van der Waals surface area contributed by atoms with Crippen molar-refractivity contribution in [2.75, 3.05) is 7.11 Å². The maximum Gasteiger partial charge on any atom is 0.170 e. The van der Waals surface area contributed by atoms with E-state index >= 15 is 0 Å². The van der Waals surface area contributed by atoms with E-state index in [0.29, 0.717) is 12.8 Å². The summed E-state index contributed by atoms with van der Waals surface area (Å²) >= 11 is 0. The smallest absolute Gasteiger partial charge is 0.170 e. The van der Waals surface area contributed by atoms with Gasteiger partial charge in [-0.25, -0.2) is 9.97 Å². The number of aryl methyl sites for hydroxylation is 1. The third-order valence-electron chi connectivity index (χ3n) is 5.13. The van der Waals surface area contributed by atoms with Crippen LogP contribution in [0.2, 0.25) is 0 Å². The standard InChI is InChI=1S/C17H23N3O4/c1-10-11-6-8-20(14(11)19-9-18-10)15-17(24-16(2,3)23-15)7-5-12(21)13(17)22-4/h6,8-9,12-13,15,21H,5,7H2,1-4H3/t12-,13-,15-,17-/m1/s1. The summed E-state index contributed by atoms with van der Waals surface area (Å²) in [6.45, 7) is 5.73. The Hall–Kier alpha value is -1.54. The number of hydrogen-bond acceptors (Lipinski definition) is 6. The molecule has 1 spiro atoms. The fourth-order valence-electron chi connectivity index (χ4n) is 4.20. The fourth-order valence-corrected chi connectivity index (χ4v) is 4.20. The third kappa shape index (κ3) is 2.12. The van der Waals surface area contributed by atoms with Crippen molar-refractivity contribution in [1.29, 1.82) is 0 Å². The molecule has 0 radical (unpaired) electrons. The van der Waals surface area contributed by atoms with Gasteiger partial charge < -0.3 is 23.9 Å². The van der Waals surface area contributed by atoms with Crippen LogP contribution in [0.25, 0.3) is 11.0 Å². The van der Waals surface area contributed by atoms with Gasteiger partial charge in [-0.1, -0.05) is 0 Å². The highest BCUT2D eigenvalue weighted by atomic mass is 16.8. The van der Waals surface area contributed by atoms with Crippen LogP contribution in [0, 0.1) is 6.92 Å². The summed E-state index contributed by atoms with van der Waals surface area (Å²) in [6.07, 6.45) is 3.31. The lowest BCUT2D eigenvalue weighted by atomic mass is 9.96. The van der Waals surface area contributed by atoms with Gasteiger partial charge in [-0.15, -0.1) is 0 Å². The van der Waals surface area contributed by atoms with Crippen molar-refractivity contribution in [2.45, 2.75) is 63.4 Å². The molecule has 1 saturated carbocycles. The molecule has 7 nitrogen and oxygen atoms in total. The van der Waals surface area contributed by atoms with Crippen molar-refractivity contribution in [2.24, 2.45) is 0 Å². The van der Waals surface area contributed by atoms with E-state index in [0.717, 1.165) is 16.7 Å². The van der Waals surface area contributed by atoms with Gasteiger partial charge in [0.1, 0.15) is 23.7 Å². The number of aromatic nitrogens is 3. The Morgan fingerprint density at radius 3 is 2.92 bits per heavy atom. The predicted molar refractivity (Wildman–Crippen MR) is 86.3 cm³/mol. The van der Waals surface area contributed by atoms with Gasteiger partial charge >= 0.3 is 0 Å². The molecule has 1 saturated heterocycles. The Kier molecular flexibility index (Phi) is 3.47. The van der Waals surface area contributed by atoms with Crippen molar-refractivity contribution >= 4 is 11.0 Å². The summed E-state index contributed by atoms with van der Waals surface area (Å²) in [5, 5.41) is 11.3. The molecule has 7 heteroatoms. The summed E-state index contributed by atoms with van der Waals surface area (Å²) in [5.74, 6) is -0.774. The van der Waals surface area contributed by atoms with Gasteiger partial charge in [0.15, 0.2) is 12.0 Å². The Balaban J connectivity index is 1.87. The quantitative estimate of drug-likeness (QED) is 0.905. The largest absolute Gasteiger partial charge is 0.390 e. The van der Waals surface area contributed by atoms with Crippen molar-refractivity contribution in [3.05, 3.63) is 24.3 Å². The zero-order valence-corrected chi connectivity index (χ0v) is 14.4. The monoisotopic (exact) mass is 333 g/mol. The van der Waals surface area contributed by atoms with E-state index in [-0.39, 0.29) is 0 Å². The van der Waals surface area contributed by atoms with Crippen LogP contribution in [-0.2, 0) is 14.2 Å². The van der Waals surface area contributed by atoms with E-state index in [4.69, 9.17) is 14.2 Å². The first kappa shape index (κ1) is 16.0.